The second kappa shape index (κ2) is 9.22. The number of nitrogens with one attached hydrogen (secondary N) is 1. The van der Waals surface area contributed by atoms with Crippen molar-refractivity contribution in [2.75, 3.05) is 26.4 Å². The van der Waals surface area contributed by atoms with Gasteiger partial charge in [0.25, 0.3) is 6.43 Å². The number of rotatable bonds is 10. The third kappa shape index (κ3) is 6.86. The molecular formula is C12H23F2NO3. The maximum atomic E-state index is 11.9. The molecule has 0 aliphatic carbocycles. The average Bonchev–Trinajstić information content (AvgIpc) is 2.32. The fourth-order valence-electron chi connectivity index (χ4n) is 1.40. The van der Waals surface area contributed by atoms with E-state index >= 15 is 0 Å². The molecule has 0 aliphatic heterocycles. The molecule has 0 aromatic carbocycles. The van der Waals surface area contributed by atoms with E-state index in [1.807, 2.05) is 6.92 Å². The molecule has 0 saturated carbocycles. The Hall–Kier alpha value is -0.750. The van der Waals surface area contributed by atoms with Gasteiger partial charge in [-0.25, -0.2) is 8.78 Å². The summed E-state index contributed by atoms with van der Waals surface area (Å²) in [7, 11) is 0. The highest BCUT2D eigenvalue weighted by Crippen LogP contribution is 2.13. The maximum absolute atomic E-state index is 11.9. The van der Waals surface area contributed by atoms with Crippen LogP contribution in [0.2, 0.25) is 0 Å². The lowest BCUT2D eigenvalue weighted by Gasteiger charge is -2.28. The van der Waals surface area contributed by atoms with Crippen molar-refractivity contribution < 1.29 is 23.0 Å². The third-order valence-electron chi connectivity index (χ3n) is 2.48. The minimum atomic E-state index is -2.48. The topological polar surface area (TPSA) is 47.6 Å². The molecule has 0 heterocycles. The fourth-order valence-corrected chi connectivity index (χ4v) is 1.40. The number of carbonyl (C=O) groups excluding carboxylic acids is 1. The second-order valence-electron chi connectivity index (χ2n) is 4.20. The monoisotopic (exact) mass is 267 g/mol. The first-order chi connectivity index (χ1) is 8.46. The quantitative estimate of drug-likeness (QED) is 0.485. The van der Waals surface area contributed by atoms with Gasteiger partial charge in [0.05, 0.1) is 6.61 Å². The molecule has 0 amide bonds. The molecular weight excluding hydrogens is 244 g/mol. The SMILES string of the molecule is CCCNC(C)(CCOCC(F)F)C(=O)OCC. The second-order valence-corrected chi connectivity index (χ2v) is 4.20. The van der Waals surface area contributed by atoms with Crippen molar-refractivity contribution in [3.63, 3.8) is 0 Å². The Morgan fingerprint density at radius 2 is 2.06 bits per heavy atom. The predicted octanol–water partition coefficient (Wildman–Crippen LogP) is 1.98. The summed E-state index contributed by atoms with van der Waals surface area (Å²) in [5.74, 6) is -0.376. The summed E-state index contributed by atoms with van der Waals surface area (Å²) in [6, 6.07) is 0. The Bertz CT molecular complexity index is 239. The van der Waals surface area contributed by atoms with Crippen molar-refractivity contribution in [3.8, 4) is 0 Å². The molecule has 0 bridgehead atoms. The van der Waals surface area contributed by atoms with Gasteiger partial charge in [-0.15, -0.1) is 0 Å². The molecule has 0 saturated heterocycles. The Labute approximate surface area is 107 Å². The summed E-state index contributed by atoms with van der Waals surface area (Å²) >= 11 is 0. The number of esters is 1. The van der Waals surface area contributed by atoms with Gasteiger partial charge in [0, 0.05) is 6.61 Å². The van der Waals surface area contributed by atoms with Gasteiger partial charge >= 0.3 is 5.97 Å². The van der Waals surface area contributed by atoms with Crippen molar-refractivity contribution in [3.05, 3.63) is 0 Å². The Morgan fingerprint density at radius 3 is 2.56 bits per heavy atom. The number of ether oxygens (including phenoxy) is 2. The molecule has 0 aromatic heterocycles. The van der Waals surface area contributed by atoms with Gasteiger partial charge in [0.1, 0.15) is 12.1 Å². The maximum Gasteiger partial charge on any atom is 0.326 e. The number of carbonyl (C=O) groups is 1. The van der Waals surface area contributed by atoms with Gasteiger partial charge in [-0.1, -0.05) is 6.92 Å². The lowest BCUT2D eigenvalue weighted by atomic mass is 9.98. The molecule has 6 heteroatoms. The summed E-state index contributed by atoms with van der Waals surface area (Å²) < 4.78 is 33.6. The highest BCUT2D eigenvalue weighted by molar-refractivity contribution is 5.80. The highest BCUT2D eigenvalue weighted by Gasteiger charge is 2.33. The molecule has 4 nitrogen and oxygen atoms in total. The van der Waals surface area contributed by atoms with Crippen LogP contribution in [0.4, 0.5) is 8.78 Å². The van der Waals surface area contributed by atoms with Gasteiger partial charge in [-0.2, -0.15) is 0 Å². The van der Waals surface area contributed by atoms with E-state index in [-0.39, 0.29) is 12.6 Å². The first kappa shape index (κ1) is 17.2. The Kier molecular flexibility index (Phi) is 8.83. The summed E-state index contributed by atoms with van der Waals surface area (Å²) in [5, 5.41) is 3.08. The minimum absolute atomic E-state index is 0.0936. The van der Waals surface area contributed by atoms with Crippen LogP contribution < -0.4 is 5.32 Å². The zero-order valence-electron chi connectivity index (χ0n) is 11.3. The smallest absolute Gasteiger partial charge is 0.326 e. The molecule has 108 valence electrons. The van der Waals surface area contributed by atoms with Gasteiger partial charge in [0.15, 0.2) is 0 Å². The van der Waals surface area contributed by atoms with Crippen LogP contribution in [0.1, 0.15) is 33.6 Å². The standard InChI is InChI=1S/C12H23F2NO3/c1-4-7-15-12(3,11(16)18-5-2)6-8-17-9-10(13)14/h10,15H,4-9H2,1-3H3. The molecule has 18 heavy (non-hydrogen) atoms. The number of hydrogen-bond acceptors (Lipinski definition) is 4. The van der Waals surface area contributed by atoms with Crippen LogP contribution in [0, 0.1) is 0 Å². The number of alkyl halides is 2. The molecule has 0 radical (unpaired) electrons. The molecule has 0 aliphatic rings. The van der Waals surface area contributed by atoms with Gasteiger partial charge in [0.2, 0.25) is 0 Å². The van der Waals surface area contributed by atoms with Crippen molar-refractivity contribution in [2.24, 2.45) is 0 Å². The normalized spacial score (nSPS) is 14.6. The first-order valence-electron chi connectivity index (χ1n) is 6.24. The zero-order valence-corrected chi connectivity index (χ0v) is 11.3. The molecule has 0 spiro atoms. The first-order valence-corrected chi connectivity index (χ1v) is 6.24. The Balaban J connectivity index is 4.24. The largest absolute Gasteiger partial charge is 0.465 e. The highest BCUT2D eigenvalue weighted by atomic mass is 19.3. The van der Waals surface area contributed by atoms with Crippen LogP contribution >= 0.6 is 0 Å². The lowest BCUT2D eigenvalue weighted by molar-refractivity contribution is -0.151. The molecule has 1 atom stereocenters. The van der Waals surface area contributed by atoms with Crippen molar-refractivity contribution in [1.29, 1.82) is 0 Å². The van der Waals surface area contributed by atoms with Gasteiger partial charge < -0.3 is 14.8 Å². The molecule has 1 unspecified atom stereocenters. The minimum Gasteiger partial charge on any atom is -0.465 e. The molecule has 0 rings (SSSR count). The van der Waals surface area contributed by atoms with E-state index in [1.165, 1.54) is 0 Å². The van der Waals surface area contributed by atoms with Gasteiger partial charge in [-0.3, -0.25) is 4.79 Å². The van der Waals surface area contributed by atoms with E-state index in [9.17, 15) is 13.6 Å². The van der Waals surface area contributed by atoms with E-state index < -0.39 is 18.6 Å². The zero-order chi connectivity index (χ0) is 14.0. The summed E-state index contributed by atoms with van der Waals surface area (Å²) in [5.41, 5.74) is -0.881. The van der Waals surface area contributed by atoms with Crippen LogP contribution in [0.15, 0.2) is 0 Å². The molecule has 1 N–H and O–H groups in total. The molecule has 0 aromatic rings. The van der Waals surface area contributed by atoms with E-state index in [4.69, 9.17) is 9.47 Å². The van der Waals surface area contributed by atoms with Crippen LogP contribution in [-0.2, 0) is 14.3 Å². The van der Waals surface area contributed by atoms with E-state index in [0.717, 1.165) is 6.42 Å². The van der Waals surface area contributed by atoms with Crippen LogP contribution in [0.3, 0.4) is 0 Å². The van der Waals surface area contributed by atoms with E-state index in [0.29, 0.717) is 19.6 Å². The predicted molar refractivity (Wildman–Crippen MR) is 64.8 cm³/mol. The van der Waals surface area contributed by atoms with Crippen molar-refractivity contribution in [2.45, 2.75) is 45.6 Å². The molecule has 0 fully saturated rings. The fraction of sp³-hybridized carbons (Fsp3) is 0.917. The Morgan fingerprint density at radius 1 is 1.39 bits per heavy atom. The number of halogens is 2. The lowest BCUT2D eigenvalue weighted by Crippen LogP contribution is -2.51. The average molecular weight is 267 g/mol. The van der Waals surface area contributed by atoms with Crippen molar-refractivity contribution >= 4 is 5.97 Å². The van der Waals surface area contributed by atoms with Crippen LogP contribution in [-0.4, -0.2) is 44.3 Å². The van der Waals surface area contributed by atoms with Crippen molar-refractivity contribution in [1.82, 2.24) is 5.32 Å². The van der Waals surface area contributed by atoms with E-state index in [1.54, 1.807) is 13.8 Å². The summed E-state index contributed by atoms with van der Waals surface area (Å²) in [6.45, 7) is 5.84. The number of hydrogen-bond donors (Lipinski definition) is 1. The van der Waals surface area contributed by atoms with Gasteiger partial charge in [-0.05, 0) is 33.2 Å². The van der Waals surface area contributed by atoms with Crippen LogP contribution in [0.25, 0.3) is 0 Å². The summed E-state index contributed by atoms with van der Waals surface area (Å²) in [4.78, 5) is 11.8. The summed E-state index contributed by atoms with van der Waals surface area (Å²) in [6.07, 6.45) is -1.31. The van der Waals surface area contributed by atoms with E-state index in [2.05, 4.69) is 5.32 Å². The van der Waals surface area contributed by atoms with Crippen LogP contribution in [0.5, 0.6) is 0 Å². The third-order valence-corrected chi connectivity index (χ3v) is 2.48.